The number of hydrogen-bond donors (Lipinski definition) is 2. The highest BCUT2D eigenvalue weighted by molar-refractivity contribution is 5.67. The molecule has 0 saturated heterocycles. The third-order valence-electron chi connectivity index (χ3n) is 3.01. The number of aromatic hydroxyl groups is 1. The van der Waals surface area contributed by atoms with Gasteiger partial charge in [0.25, 0.3) is 0 Å². The fourth-order valence-corrected chi connectivity index (χ4v) is 1.98. The molecule has 0 fully saturated rings. The summed E-state index contributed by atoms with van der Waals surface area (Å²) in [6.07, 6.45) is 0. The molecule has 100 valence electrons. The van der Waals surface area contributed by atoms with Crippen LogP contribution in [0.15, 0.2) is 42.5 Å². The quantitative estimate of drug-likeness (QED) is 0.750. The molecule has 0 aliphatic carbocycles. The highest BCUT2D eigenvalue weighted by Crippen LogP contribution is 2.29. The number of H-pyrrole nitrogens is 1. The van der Waals surface area contributed by atoms with Gasteiger partial charge in [0.15, 0.2) is 11.6 Å². The Balaban J connectivity index is 2.07. The molecule has 1 heterocycles. The molecule has 0 aliphatic rings. The average Bonchev–Trinajstić information content (AvgIpc) is 2.91. The predicted molar refractivity (Wildman–Crippen MR) is 73.6 cm³/mol. The van der Waals surface area contributed by atoms with E-state index >= 15 is 0 Å². The Morgan fingerprint density at radius 2 is 1.90 bits per heavy atom. The largest absolute Gasteiger partial charge is 0.507 e. The fourth-order valence-electron chi connectivity index (χ4n) is 1.98. The average molecular weight is 269 g/mol. The first-order valence-electron chi connectivity index (χ1n) is 6.12. The number of nitrogens with one attached hydrogen (secondary N) is 1. The molecule has 0 bridgehead atoms. The molecule has 3 aromatic rings. The van der Waals surface area contributed by atoms with E-state index in [-0.39, 0.29) is 11.6 Å². The van der Waals surface area contributed by atoms with Crippen molar-refractivity contribution in [3.63, 3.8) is 0 Å². The number of phenols is 1. The van der Waals surface area contributed by atoms with E-state index in [4.69, 9.17) is 0 Å². The Morgan fingerprint density at radius 1 is 1.10 bits per heavy atom. The van der Waals surface area contributed by atoms with Crippen LogP contribution >= 0.6 is 0 Å². The van der Waals surface area contributed by atoms with E-state index in [1.807, 2.05) is 6.92 Å². The van der Waals surface area contributed by atoms with Crippen molar-refractivity contribution in [2.24, 2.45) is 0 Å². The van der Waals surface area contributed by atoms with Crippen LogP contribution < -0.4 is 0 Å². The highest BCUT2D eigenvalue weighted by atomic mass is 19.1. The molecule has 0 amide bonds. The number of phenolic OH excluding ortho intramolecular Hbond substituents is 1. The molecule has 0 aliphatic heterocycles. The van der Waals surface area contributed by atoms with Crippen molar-refractivity contribution in [1.82, 2.24) is 15.2 Å². The zero-order chi connectivity index (χ0) is 14.1. The summed E-state index contributed by atoms with van der Waals surface area (Å²) in [5, 5.41) is 16.6. The van der Waals surface area contributed by atoms with Gasteiger partial charge in [0.1, 0.15) is 11.6 Å². The van der Waals surface area contributed by atoms with Gasteiger partial charge in [-0.1, -0.05) is 23.8 Å². The second-order valence-corrected chi connectivity index (χ2v) is 4.51. The van der Waals surface area contributed by atoms with E-state index in [2.05, 4.69) is 15.2 Å². The standard InChI is InChI=1S/C15H12FN3O/c1-9-6-7-13(20)11(8-9)15-17-14(18-19-15)10-4-2-3-5-12(10)16/h2-8,20H,1H3,(H,17,18,19). The van der Waals surface area contributed by atoms with Crippen LogP contribution in [0.1, 0.15) is 5.56 Å². The summed E-state index contributed by atoms with van der Waals surface area (Å²) in [5.74, 6) is 0.391. The number of aromatic nitrogens is 3. The van der Waals surface area contributed by atoms with Gasteiger partial charge in [0, 0.05) is 0 Å². The molecular weight excluding hydrogens is 257 g/mol. The highest BCUT2D eigenvalue weighted by Gasteiger charge is 2.13. The lowest BCUT2D eigenvalue weighted by molar-refractivity contribution is 0.477. The molecule has 4 nitrogen and oxygen atoms in total. The normalized spacial score (nSPS) is 10.7. The number of benzene rings is 2. The van der Waals surface area contributed by atoms with Crippen LogP contribution in [0.3, 0.4) is 0 Å². The third kappa shape index (κ3) is 2.14. The number of aromatic amines is 1. The van der Waals surface area contributed by atoms with Gasteiger partial charge in [-0.2, -0.15) is 5.10 Å². The molecule has 0 radical (unpaired) electrons. The number of rotatable bonds is 2. The van der Waals surface area contributed by atoms with Crippen molar-refractivity contribution in [1.29, 1.82) is 0 Å². The summed E-state index contributed by atoms with van der Waals surface area (Å²) in [6.45, 7) is 1.91. The summed E-state index contributed by atoms with van der Waals surface area (Å²) in [4.78, 5) is 4.25. The lowest BCUT2D eigenvalue weighted by Gasteiger charge is -2.01. The second kappa shape index (κ2) is 4.77. The Hall–Kier alpha value is -2.69. The molecule has 20 heavy (non-hydrogen) atoms. The molecule has 3 rings (SSSR count). The van der Waals surface area contributed by atoms with Crippen molar-refractivity contribution in [3.05, 3.63) is 53.8 Å². The summed E-state index contributed by atoms with van der Waals surface area (Å²) in [7, 11) is 0. The van der Waals surface area contributed by atoms with E-state index in [0.717, 1.165) is 5.56 Å². The topological polar surface area (TPSA) is 61.8 Å². The van der Waals surface area contributed by atoms with E-state index in [0.29, 0.717) is 22.8 Å². The van der Waals surface area contributed by atoms with Gasteiger partial charge >= 0.3 is 0 Å². The number of hydrogen-bond acceptors (Lipinski definition) is 3. The van der Waals surface area contributed by atoms with Crippen molar-refractivity contribution in [2.45, 2.75) is 6.92 Å². The lowest BCUT2D eigenvalue weighted by Crippen LogP contribution is -1.86. The maximum atomic E-state index is 13.7. The molecule has 0 spiro atoms. The van der Waals surface area contributed by atoms with Crippen LogP contribution in [0.2, 0.25) is 0 Å². The minimum absolute atomic E-state index is 0.0923. The zero-order valence-corrected chi connectivity index (χ0v) is 10.8. The molecule has 0 saturated carbocycles. The molecule has 1 aromatic heterocycles. The van der Waals surface area contributed by atoms with E-state index in [1.54, 1.807) is 36.4 Å². The van der Waals surface area contributed by atoms with Crippen LogP contribution in [0.4, 0.5) is 4.39 Å². The number of halogens is 1. The molecule has 5 heteroatoms. The van der Waals surface area contributed by atoms with Gasteiger partial charge < -0.3 is 5.11 Å². The number of nitrogens with zero attached hydrogens (tertiary/aromatic N) is 2. The minimum Gasteiger partial charge on any atom is -0.507 e. The first-order valence-corrected chi connectivity index (χ1v) is 6.12. The van der Waals surface area contributed by atoms with E-state index < -0.39 is 0 Å². The van der Waals surface area contributed by atoms with Gasteiger partial charge in [-0.05, 0) is 31.2 Å². The summed E-state index contributed by atoms with van der Waals surface area (Å²) in [6, 6.07) is 11.5. The van der Waals surface area contributed by atoms with Crippen molar-refractivity contribution in [3.8, 4) is 28.5 Å². The lowest BCUT2D eigenvalue weighted by atomic mass is 10.1. The number of aryl methyl sites for hydroxylation is 1. The van der Waals surface area contributed by atoms with Gasteiger partial charge in [0.05, 0.1) is 11.1 Å². The van der Waals surface area contributed by atoms with Gasteiger partial charge in [0.2, 0.25) is 0 Å². The van der Waals surface area contributed by atoms with Gasteiger partial charge in [-0.3, -0.25) is 5.10 Å². The van der Waals surface area contributed by atoms with Gasteiger partial charge in [-0.25, -0.2) is 9.37 Å². The predicted octanol–water partition coefficient (Wildman–Crippen LogP) is 3.29. The SMILES string of the molecule is Cc1ccc(O)c(-c2n[nH]c(-c3ccccc3F)n2)c1. The molecule has 2 aromatic carbocycles. The Morgan fingerprint density at radius 3 is 2.70 bits per heavy atom. The molecular formula is C15H12FN3O. The minimum atomic E-state index is -0.372. The van der Waals surface area contributed by atoms with Crippen molar-refractivity contribution in [2.75, 3.05) is 0 Å². The molecule has 0 atom stereocenters. The van der Waals surface area contributed by atoms with E-state index in [9.17, 15) is 9.50 Å². The maximum Gasteiger partial charge on any atom is 0.185 e. The maximum absolute atomic E-state index is 13.7. The first-order chi connectivity index (χ1) is 9.65. The summed E-state index contributed by atoms with van der Waals surface area (Å²) < 4.78 is 13.7. The summed E-state index contributed by atoms with van der Waals surface area (Å²) in [5.41, 5.74) is 1.84. The Bertz CT molecular complexity index is 767. The van der Waals surface area contributed by atoms with Crippen LogP contribution in [-0.4, -0.2) is 20.3 Å². The summed E-state index contributed by atoms with van der Waals surface area (Å²) >= 11 is 0. The van der Waals surface area contributed by atoms with Crippen LogP contribution in [0.25, 0.3) is 22.8 Å². The van der Waals surface area contributed by atoms with Crippen LogP contribution in [-0.2, 0) is 0 Å². The Labute approximate surface area is 114 Å². The van der Waals surface area contributed by atoms with Crippen LogP contribution in [0, 0.1) is 12.7 Å². The smallest absolute Gasteiger partial charge is 0.185 e. The van der Waals surface area contributed by atoms with Crippen molar-refractivity contribution >= 4 is 0 Å². The fraction of sp³-hybridized carbons (Fsp3) is 0.0667. The first kappa shape index (κ1) is 12.3. The molecule has 2 N–H and O–H groups in total. The van der Waals surface area contributed by atoms with Gasteiger partial charge in [-0.15, -0.1) is 0 Å². The van der Waals surface area contributed by atoms with E-state index in [1.165, 1.54) is 6.07 Å². The van der Waals surface area contributed by atoms with Crippen molar-refractivity contribution < 1.29 is 9.50 Å². The third-order valence-corrected chi connectivity index (χ3v) is 3.01. The molecule has 0 unspecified atom stereocenters. The zero-order valence-electron chi connectivity index (χ0n) is 10.8. The Kier molecular flexibility index (Phi) is 2.95. The monoisotopic (exact) mass is 269 g/mol. The second-order valence-electron chi connectivity index (χ2n) is 4.51. The van der Waals surface area contributed by atoms with Crippen LogP contribution in [0.5, 0.6) is 5.75 Å².